The third kappa shape index (κ3) is 2.01. The summed E-state index contributed by atoms with van der Waals surface area (Å²) in [5, 5.41) is 8.52. The molecule has 1 fully saturated rings. The average Bonchev–Trinajstić information content (AvgIpc) is 2.32. The van der Waals surface area contributed by atoms with Crippen LogP contribution in [0.5, 0.6) is 0 Å². The van der Waals surface area contributed by atoms with Gasteiger partial charge in [-0.25, -0.2) is 8.78 Å². The lowest BCUT2D eigenvalue weighted by atomic mass is 9.95. The lowest BCUT2D eigenvalue weighted by Gasteiger charge is -2.34. The minimum Gasteiger partial charge on any atom is -0.354 e. The highest BCUT2D eigenvalue weighted by Gasteiger charge is 2.89. The zero-order chi connectivity index (χ0) is 16.4. The van der Waals surface area contributed by atoms with E-state index < -0.39 is 42.3 Å². The van der Waals surface area contributed by atoms with Gasteiger partial charge in [-0.15, -0.1) is 0 Å². The molecule has 0 amide bonds. The highest BCUT2D eigenvalue weighted by atomic mass is 19.4. The third-order valence-corrected chi connectivity index (χ3v) is 2.59. The number of rotatable bonds is 0. The van der Waals surface area contributed by atoms with Crippen LogP contribution >= 0.6 is 0 Å². The van der Waals surface area contributed by atoms with E-state index in [1.165, 1.54) is 0 Å². The zero-order valence-corrected chi connectivity index (χ0v) is 8.72. The van der Waals surface area contributed by atoms with E-state index in [-0.39, 0.29) is 0 Å². The molecular weight excluding hydrogens is 325 g/mol. The smallest absolute Gasteiger partial charge is 0.354 e. The molecule has 1 rings (SSSR count). The Kier molecular flexibility index (Phi) is 3.33. The van der Waals surface area contributed by atoms with Gasteiger partial charge in [-0.1, -0.05) is 0 Å². The molecule has 1 aliphatic heterocycles. The lowest BCUT2D eigenvalue weighted by molar-refractivity contribution is -0.456. The molecule has 0 aromatic heterocycles. The van der Waals surface area contributed by atoms with Gasteiger partial charge in [-0.05, 0) is 0 Å². The van der Waals surface area contributed by atoms with Crippen LogP contribution in [0.1, 0.15) is 6.42 Å². The van der Waals surface area contributed by atoms with Gasteiger partial charge < -0.3 is 9.84 Å². The molecule has 0 radical (unpaired) electrons. The molecule has 1 unspecified atom stereocenters. The molecule has 2 nitrogen and oxygen atoms in total. The van der Waals surface area contributed by atoms with Crippen molar-refractivity contribution in [2.75, 3.05) is 0 Å². The molecule has 0 aromatic carbocycles. The summed E-state index contributed by atoms with van der Waals surface area (Å²) in [4.78, 5) is 0. The van der Waals surface area contributed by atoms with E-state index in [0.717, 1.165) is 0 Å². The Morgan fingerprint density at radius 3 is 1.25 bits per heavy atom. The molecule has 0 spiro atoms. The van der Waals surface area contributed by atoms with Crippen LogP contribution in [0.3, 0.4) is 0 Å². The molecule has 13 heteroatoms. The third-order valence-electron chi connectivity index (χ3n) is 2.59. The Morgan fingerprint density at radius 2 is 1.10 bits per heavy atom. The van der Waals surface area contributed by atoms with Crippen LogP contribution in [0, 0.1) is 0 Å². The summed E-state index contributed by atoms with van der Waals surface area (Å²) >= 11 is 0. The van der Waals surface area contributed by atoms with Crippen molar-refractivity contribution >= 4 is 0 Å². The van der Waals surface area contributed by atoms with Gasteiger partial charge in [0.1, 0.15) is 0 Å². The number of hydrogen-bond acceptors (Lipinski definition) is 2. The summed E-state index contributed by atoms with van der Waals surface area (Å²) in [6.07, 6.45) is -23.3. The first-order valence-corrected chi connectivity index (χ1v) is 4.42. The summed E-state index contributed by atoms with van der Waals surface area (Å²) in [6.45, 7) is 0. The van der Waals surface area contributed by atoms with E-state index >= 15 is 0 Å². The Morgan fingerprint density at radius 1 is 0.750 bits per heavy atom. The molecule has 1 aliphatic rings. The van der Waals surface area contributed by atoms with Crippen LogP contribution in [0.4, 0.5) is 48.3 Å². The number of ether oxygens (including phenoxy) is 1. The van der Waals surface area contributed by atoms with Gasteiger partial charge in [-0.2, -0.15) is 39.5 Å². The SMILES string of the molecule is OC1(C(F)(F)F)OC(C(F)(F)F)(C(F)(F)F)CC1(F)F. The second-order valence-corrected chi connectivity index (χ2v) is 3.95. The number of alkyl halides is 11. The maximum Gasteiger partial charge on any atom is 0.449 e. The van der Waals surface area contributed by atoms with Crippen molar-refractivity contribution in [2.24, 2.45) is 0 Å². The van der Waals surface area contributed by atoms with E-state index in [1.807, 2.05) is 0 Å². The Hall–Kier alpha value is -0.850. The van der Waals surface area contributed by atoms with Crippen LogP contribution in [0.2, 0.25) is 0 Å². The molecule has 1 saturated heterocycles. The van der Waals surface area contributed by atoms with Crippen molar-refractivity contribution in [2.45, 2.75) is 42.3 Å². The van der Waals surface area contributed by atoms with Crippen LogP contribution in [0.25, 0.3) is 0 Å². The first-order chi connectivity index (χ1) is 8.41. The van der Waals surface area contributed by atoms with Gasteiger partial charge in [0.05, 0.1) is 6.42 Å². The normalized spacial score (nSPS) is 30.6. The van der Waals surface area contributed by atoms with Crippen molar-refractivity contribution in [1.82, 2.24) is 0 Å². The fourth-order valence-corrected chi connectivity index (χ4v) is 1.54. The molecule has 1 N–H and O–H groups in total. The van der Waals surface area contributed by atoms with Crippen molar-refractivity contribution in [3.63, 3.8) is 0 Å². The summed E-state index contributed by atoms with van der Waals surface area (Å²) in [5.74, 6) is -11.7. The predicted octanol–water partition coefficient (Wildman–Crippen LogP) is 3.16. The zero-order valence-electron chi connectivity index (χ0n) is 8.72. The van der Waals surface area contributed by atoms with E-state index in [1.54, 1.807) is 0 Å². The number of aliphatic hydroxyl groups is 1. The van der Waals surface area contributed by atoms with E-state index in [4.69, 9.17) is 5.11 Å². The Balaban J connectivity index is 3.52. The maximum absolute atomic E-state index is 12.9. The quantitative estimate of drug-likeness (QED) is 0.692. The van der Waals surface area contributed by atoms with Crippen LogP contribution in [0.15, 0.2) is 0 Å². The first-order valence-electron chi connectivity index (χ1n) is 4.42. The van der Waals surface area contributed by atoms with Crippen LogP contribution < -0.4 is 0 Å². The Labute approximate surface area is 102 Å². The van der Waals surface area contributed by atoms with Crippen molar-refractivity contribution < 1.29 is 58.1 Å². The second kappa shape index (κ2) is 3.87. The number of hydrogen-bond donors (Lipinski definition) is 1. The van der Waals surface area contributed by atoms with Gasteiger partial charge in [0, 0.05) is 0 Å². The van der Waals surface area contributed by atoms with Crippen molar-refractivity contribution in [3.8, 4) is 0 Å². The highest BCUT2D eigenvalue weighted by molar-refractivity contribution is 5.12. The lowest BCUT2D eigenvalue weighted by Crippen LogP contribution is -2.60. The Bertz CT molecular complexity index is 377. The van der Waals surface area contributed by atoms with Gasteiger partial charge in [0.2, 0.25) is 0 Å². The van der Waals surface area contributed by atoms with Gasteiger partial charge in [0.15, 0.2) is 0 Å². The molecule has 1 heterocycles. The molecule has 120 valence electrons. The predicted molar refractivity (Wildman–Crippen MR) is 36.5 cm³/mol. The molecule has 0 aromatic rings. The molecular formula is C7H3F11O2. The maximum atomic E-state index is 12.9. The highest BCUT2D eigenvalue weighted by Crippen LogP contribution is 2.63. The second-order valence-electron chi connectivity index (χ2n) is 3.95. The van der Waals surface area contributed by atoms with Gasteiger partial charge in [-0.3, -0.25) is 0 Å². The first kappa shape index (κ1) is 17.2. The monoisotopic (exact) mass is 328 g/mol. The van der Waals surface area contributed by atoms with Crippen LogP contribution in [-0.4, -0.2) is 40.9 Å². The van der Waals surface area contributed by atoms with Gasteiger partial charge in [0.25, 0.3) is 5.60 Å². The molecule has 0 saturated carbocycles. The van der Waals surface area contributed by atoms with E-state index in [2.05, 4.69) is 4.74 Å². The molecule has 1 atom stereocenters. The largest absolute Gasteiger partial charge is 0.449 e. The number of halogens is 11. The van der Waals surface area contributed by atoms with E-state index in [9.17, 15) is 48.3 Å². The van der Waals surface area contributed by atoms with E-state index in [0.29, 0.717) is 0 Å². The standard InChI is InChI=1S/C7H3F11O2/c8-3(9)1-2(5(10,11)12,6(13,14)15)20-4(3,19)7(16,17)18/h19H,1H2. The van der Waals surface area contributed by atoms with Crippen LogP contribution in [-0.2, 0) is 4.74 Å². The molecule has 0 bridgehead atoms. The van der Waals surface area contributed by atoms with Crippen molar-refractivity contribution in [3.05, 3.63) is 0 Å². The average molecular weight is 328 g/mol. The minimum atomic E-state index is -6.65. The molecule has 20 heavy (non-hydrogen) atoms. The molecule has 0 aliphatic carbocycles. The summed E-state index contributed by atoms with van der Waals surface area (Å²) in [5.41, 5.74) is -5.83. The fourth-order valence-electron chi connectivity index (χ4n) is 1.54. The van der Waals surface area contributed by atoms with Crippen molar-refractivity contribution in [1.29, 1.82) is 0 Å². The summed E-state index contributed by atoms with van der Waals surface area (Å²) < 4.78 is 139. The summed E-state index contributed by atoms with van der Waals surface area (Å²) in [7, 11) is 0. The topological polar surface area (TPSA) is 29.5 Å². The minimum absolute atomic E-state index is 2.48. The van der Waals surface area contributed by atoms with Gasteiger partial charge >= 0.3 is 30.2 Å². The fraction of sp³-hybridized carbons (Fsp3) is 1.00. The summed E-state index contributed by atoms with van der Waals surface area (Å²) in [6, 6.07) is 0.